The van der Waals surface area contributed by atoms with Gasteiger partial charge in [0.15, 0.2) is 0 Å². The fraction of sp³-hybridized carbons (Fsp3) is 0.286. The first-order chi connectivity index (χ1) is 9.66. The van der Waals surface area contributed by atoms with Gasteiger partial charge in [-0.3, -0.25) is 4.79 Å². The number of carbonyl (C=O) groups is 2. The van der Waals surface area contributed by atoms with Crippen molar-refractivity contribution < 1.29 is 19.4 Å². The molecule has 6 heteroatoms. The number of carboxylic acids is 1. The number of para-hydroxylation sites is 2. The van der Waals surface area contributed by atoms with Crippen molar-refractivity contribution in [3.8, 4) is 0 Å². The van der Waals surface area contributed by atoms with Crippen molar-refractivity contribution in [1.29, 1.82) is 0 Å². The summed E-state index contributed by atoms with van der Waals surface area (Å²) in [5, 5.41) is 11.2. The molecule has 0 spiro atoms. The second-order valence-electron chi connectivity index (χ2n) is 4.28. The Balaban J connectivity index is 2.11. The van der Waals surface area contributed by atoms with E-state index in [9.17, 15) is 9.59 Å². The van der Waals surface area contributed by atoms with Crippen molar-refractivity contribution in [2.45, 2.75) is 0 Å². The Bertz CT molecular complexity index is 522. The summed E-state index contributed by atoms with van der Waals surface area (Å²) < 4.78 is 5.30. The van der Waals surface area contributed by atoms with Gasteiger partial charge in [0, 0.05) is 25.2 Å². The van der Waals surface area contributed by atoms with Crippen LogP contribution in [0.1, 0.15) is 0 Å². The number of nitrogens with one attached hydrogen (secondary N) is 1. The highest BCUT2D eigenvalue weighted by Gasteiger charge is 2.15. The van der Waals surface area contributed by atoms with Crippen molar-refractivity contribution in [1.82, 2.24) is 0 Å². The largest absolute Gasteiger partial charge is 0.478 e. The van der Waals surface area contributed by atoms with Crippen LogP contribution in [-0.2, 0) is 14.3 Å². The molecule has 0 saturated carbocycles. The van der Waals surface area contributed by atoms with E-state index in [0.717, 1.165) is 30.9 Å². The summed E-state index contributed by atoms with van der Waals surface area (Å²) in [4.78, 5) is 24.2. The molecule has 20 heavy (non-hydrogen) atoms. The number of nitrogens with zero attached hydrogens (tertiary/aromatic N) is 1. The van der Waals surface area contributed by atoms with Crippen LogP contribution >= 0.6 is 0 Å². The Morgan fingerprint density at radius 3 is 2.60 bits per heavy atom. The number of anilines is 2. The molecule has 0 atom stereocenters. The lowest BCUT2D eigenvalue weighted by atomic mass is 10.2. The number of hydrogen-bond donors (Lipinski definition) is 2. The lowest BCUT2D eigenvalue weighted by Gasteiger charge is -2.30. The average molecular weight is 276 g/mol. The van der Waals surface area contributed by atoms with Crippen molar-refractivity contribution in [2.75, 3.05) is 36.5 Å². The highest BCUT2D eigenvalue weighted by Crippen LogP contribution is 2.26. The van der Waals surface area contributed by atoms with Gasteiger partial charge in [0.05, 0.1) is 24.6 Å². The van der Waals surface area contributed by atoms with Gasteiger partial charge >= 0.3 is 5.97 Å². The quantitative estimate of drug-likeness (QED) is 0.805. The Morgan fingerprint density at radius 2 is 1.90 bits per heavy atom. The zero-order chi connectivity index (χ0) is 14.4. The summed E-state index contributed by atoms with van der Waals surface area (Å²) in [5.74, 6) is -1.62. The number of aliphatic carboxylic acids is 1. The number of carbonyl (C=O) groups excluding carboxylic acids is 1. The van der Waals surface area contributed by atoms with Crippen LogP contribution in [0.5, 0.6) is 0 Å². The summed E-state index contributed by atoms with van der Waals surface area (Å²) in [6.07, 6.45) is 1.81. The van der Waals surface area contributed by atoms with E-state index in [4.69, 9.17) is 9.84 Å². The first-order valence-corrected chi connectivity index (χ1v) is 6.30. The Hall–Kier alpha value is -2.34. The molecule has 106 valence electrons. The summed E-state index contributed by atoms with van der Waals surface area (Å²) in [6, 6.07) is 7.42. The van der Waals surface area contributed by atoms with Crippen LogP contribution in [0.2, 0.25) is 0 Å². The molecular formula is C14H16N2O4. The third-order valence-electron chi connectivity index (χ3n) is 2.89. The van der Waals surface area contributed by atoms with Crippen LogP contribution in [0, 0.1) is 0 Å². The summed E-state index contributed by atoms with van der Waals surface area (Å²) in [7, 11) is 0. The Morgan fingerprint density at radius 1 is 1.20 bits per heavy atom. The van der Waals surface area contributed by atoms with Crippen LogP contribution in [0.25, 0.3) is 0 Å². The fourth-order valence-corrected chi connectivity index (χ4v) is 1.98. The lowest BCUT2D eigenvalue weighted by molar-refractivity contribution is -0.131. The molecule has 6 nitrogen and oxygen atoms in total. The zero-order valence-corrected chi connectivity index (χ0v) is 10.9. The molecule has 2 N–H and O–H groups in total. The van der Waals surface area contributed by atoms with Gasteiger partial charge in [-0.1, -0.05) is 12.1 Å². The van der Waals surface area contributed by atoms with E-state index in [2.05, 4.69) is 10.2 Å². The van der Waals surface area contributed by atoms with Crippen molar-refractivity contribution in [3.63, 3.8) is 0 Å². The van der Waals surface area contributed by atoms with Crippen LogP contribution in [-0.4, -0.2) is 43.3 Å². The number of ether oxygens (including phenoxy) is 1. The number of morpholine rings is 1. The van der Waals surface area contributed by atoms with Crippen molar-refractivity contribution >= 4 is 23.3 Å². The first kappa shape index (κ1) is 14.1. The molecule has 0 radical (unpaired) electrons. The maximum absolute atomic E-state index is 11.6. The van der Waals surface area contributed by atoms with Gasteiger partial charge < -0.3 is 20.1 Å². The van der Waals surface area contributed by atoms with E-state index in [-0.39, 0.29) is 0 Å². The molecule has 1 aromatic carbocycles. The summed E-state index contributed by atoms with van der Waals surface area (Å²) >= 11 is 0. The molecule has 0 bridgehead atoms. The molecule has 0 aromatic heterocycles. The van der Waals surface area contributed by atoms with E-state index >= 15 is 0 Å². The van der Waals surface area contributed by atoms with Gasteiger partial charge in [-0.15, -0.1) is 0 Å². The maximum Gasteiger partial charge on any atom is 0.328 e. The topological polar surface area (TPSA) is 78.9 Å². The van der Waals surface area contributed by atoms with Gasteiger partial charge in [0.25, 0.3) is 0 Å². The second kappa shape index (κ2) is 6.72. The van der Waals surface area contributed by atoms with Crippen LogP contribution in [0.3, 0.4) is 0 Å². The summed E-state index contributed by atoms with van der Waals surface area (Å²) in [5.41, 5.74) is 1.57. The van der Waals surface area contributed by atoms with E-state index < -0.39 is 11.9 Å². The molecule has 1 aliphatic rings. The lowest BCUT2D eigenvalue weighted by Crippen LogP contribution is -2.36. The monoisotopic (exact) mass is 276 g/mol. The number of hydrogen-bond acceptors (Lipinski definition) is 4. The van der Waals surface area contributed by atoms with Crippen LogP contribution < -0.4 is 10.2 Å². The Labute approximate surface area is 116 Å². The summed E-state index contributed by atoms with van der Waals surface area (Å²) in [6.45, 7) is 2.83. The van der Waals surface area contributed by atoms with Gasteiger partial charge in [-0.25, -0.2) is 4.79 Å². The third-order valence-corrected chi connectivity index (χ3v) is 2.89. The van der Waals surface area contributed by atoms with Crippen LogP contribution in [0.15, 0.2) is 36.4 Å². The molecular weight excluding hydrogens is 260 g/mol. The van der Waals surface area contributed by atoms with Crippen molar-refractivity contribution in [3.05, 3.63) is 36.4 Å². The third kappa shape index (κ3) is 3.83. The van der Waals surface area contributed by atoms with Gasteiger partial charge in [0.1, 0.15) is 0 Å². The molecule has 1 fully saturated rings. The molecule has 1 amide bonds. The number of benzene rings is 1. The molecule has 0 aliphatic carbocycles. The molecule has 1 heterocycles. The van der Waals surface area contributed by atoms with Crippen molar-refractivity contribution in [2.24, 2.45) is 0 Å². The zero-order valence-electron chi connectivity index (χ0n) is 10.9. The minimum atomic E-state index is -1.15. The Kier molecular flexibility index (Phi) is 4.73. The number of carboxylic acid groups (broad SMARTS) is 1. The predicted octanol–water partition coefficient (Wildman–Crippen LogP) is 1.10. The molecule has 0 unspecified atom stereocenters. The van der Waals surface area contributed by atoms with E-state index in [0.29, 0.717) is 18.9 Å². The van der Waals surface area contributed by atoms with Crippen LogP contribution in [0.4, 0.5) is 11.4 Å². The molecule has 1 saturated heterocycles. The maximum atomic E-state index is 11.6. The minimum absolute atomic E-state index is 0.465. The SMILES string of the molecule is O=C(O)C=CC(=O)Nc1ccccc1N1CCOCC1. The highest BCUT2D eigenvalue weighted by molar-refractivity contribution is 6.04. The van der Waals surface area contributed by atoms with Gasteiger partial charge in [-0.2, -0.15) is 0 Å². The van der Waals surface area contributed by atoms with Gasteiger partial charge in [0.2, 0.25) is 5.91 Å². The fourth-order valence-electron chi connectivity index (χ4n) is 1.98. The van der Waals surface area contributed by atoms with E-state index in [1.165, 1.54) is 0 Å². The smallest absolute Gasteiger partial charge is 0.328 e. The van der Waals surface area contributed by atoms with E-state index in [1.54, 1.807) is 6.07 Å². The number of rotatable bonds is 4. The molecule has 1 aliphatic heterocycles. The first-order valence-electron chi connectivity index (χ1n) is 6.30. The van der Waals surface area contributed by atoms with Gasteiger partial charge in [-0.05, 0) is 12.1 Å². The highest BCUT2D eigenvalue weighted by atomic mass is 16.5. The molecule has 2 rings (SSSR count). The average Bonchev–Trinajstić information content (AvgIpc) is 2.47. The predicted molar refractivity (Wildman–Crippen MR) is 74.9 cm³/mol. The molecule has 1 aromatic rings. The van der Waals surface area contributed by atoms with E-state index in [1.807, 2.05) is 18.2 Å². The minimum Gasteiger partial charge on any atom is -0.478 e. The normalized spacial score (nSPS) is 15.3. The number of amides is 1. The standard InChI is InChI=1S/C14H16N2O4/c17-13(5-6-14(18)19)15-11-3-1-2-4-12(11)16-7-9-20-10-8-16/h1-6H,7-10H2,(H,15,17)(H,18,19). The second-order valence-corrected chi connectivity index (χ2v) is 4.28.